The standard InChI is InChI=1S/C11H20O/c1-8(2)10-6-5-9(3)11(4,12)7-10/h9-10,12H,1,5-7H2,2-4H3/t9-,10-,11+/m0/s1. The van der Waals surface area contributed by atoms with Crippen LogP contribution in [0.25, 0.3) is 0 Å². The summed E-state index contributed by atoms with van der Waals surface area (Å²) >= 11 is 0. The lowest BCUT2D eigenvalue weighted by Gasteiger charge is -2.39. The van der Waals surface area contributed by atoms with Gasteiger partial charge in [-0.2, -0.15) is 0 Å². The predicted molar refractivity (Wildman–Crippen MR) is 51.9 cm³/mol. The zero-order valence-corrected chi connectivity index (χ0v) is 8.43. The normalized spacial score (nSPS) is 42.7. The zero-order chi connectivity index (χ0) is 9.35. The highest BCUT2D eigenvalue weighted by atomic mass is 16.3. The van der Waals surface area contributed by atoms with Gasteiger partial charge in [-0.1, -0.05) is 19.1 Å². The first-order chi connectivity index (χ1) is 5.43. The summed E-state index contributed by atoms with van der Waals surface area (Å²) in [4.78, 5) is 0. The van der Waals surface area contributed by atoms with Gasteiger partial charge >= 0.3 is 0 Å². The molecule has 0 unspecified atom stereocenters. The van der Waals surface area contributed by atoms with E-state index in [-0.39, 0.29) is 0 Å². The number of allylic oxidation sites excluding steroid dienone is 1. The average Bonchev–Trinajstić information content (AvgIpc) is 1.94. The van der Waals surface area contributed by atoms with Gasteiger partial charge in [0.15, 0.2) is 0 Å². The van der Waals surface area contributed by atoms with Gasteiger partial charge in [-0.25, -0.2) is 0 Å². The van der Waals surface area contributed by atoms with Gasteiger partial charge in [0.25, 0.3) is 0 Å². The van der Waals surface area contributed by atoms with Gasteiger partial charge in [-0.15, -0.1) is 0 Å². The van der Waals surface area contributed by atoms with E-state index >= 15 is 0 Å². The van der Waals surface area contributed by atoms with Gasteiger partial charge in [0, 0.05) is 0 Å². The van der Waals surface area contributed by atoms with E-state index in [9.17, 15) is 5.11 Å². The van der Waals surface area contributed by atoms with Crippen molar-refractivity contribution in [1.29, 1.82) is 0 Å². The molecule has 1 heteroatoms. The summed E-state index contributed by atoms with van der Waals surface area (Å²) in [5, 5.41) is 10.0. The minimum atomic E-state index is -0.470. The zero-order valence-electron chi connectivity index (χ0n) is 8.43. The molecule has 1 aliphatic rings. The molecule has 0 aromatic heterocycles. The second-order valence-corrected chi connectivity index (χ2v) is 4.58. The third-order valence-electron chi connectivity index (χ3n) is 3.37. The minimum Gasteiger partial charge on any atom is -0.390 e. The topological polar surface area (TPSA) is 20.2 Å². The van der Waals surface area contributed by atoms with Gasteiger partial charge in [-0.05, 0) is 44.9 Å². The molecule has 3 atom stereocenters. The molecule has 0 heterocycles. The van der Waals surface area contributed by atoms with Crippen molar-refractivity contribution in [1.82, 2.24) is 0 Å². The molecular formula is C11H20O. The molecular weight excluding hydrogens is 148 g/mol. The van der Waals surface area contributed by atoms with E-state index in [1.54, 1.807) is 0 Å². The summed E-state index contributed by atoms with van der Waals surface area (Å²) in [7, 11) is 0. The number of aliphatic hydroxyl groups is 1. The molecule has 1 N–H and O–H groups in total. The van der Waals surface area contributed by atoms with Gasteiger partial charge in [0.1, 0.15) is 0 Å². The van der Waals surface area contributed by atoms with Crippen molar-refractivity contribution in [3.05, 3.63) is 12.2 Å². The van der Waals surface area contributed by atoms with E-state index in [4.69, 9.17) is 0 Å². The molecule has 12 heavy (non-hydrogen) atoms. The second kappa shape index (κ2) is 3.21. The fourth-order valence-corrected chi connectivity index (χ4v) is 1.98. The van der Waals surface area contributed by atoms with Crippen LogP contribution >= 0.6 is 0 Å². The Kier molecular flexibility index (Phi) is 2.62. The van der Waals surface area contributed by atoms with E-state index in [2.05, 4.69) is 20.4 Å². The first kappa shape index (κ1) is 9.79. The maximum Gasteiger partial charge on any atom is 0.0650 e. The molecule has 0 aliphatic heterocycles. The number of rotatable bonds is 1. The van der Waals surface area contributed by atoms with Crippen molar-refractivity contribution in [2.24, 2.45) is 11.8 Å². The van der Waals surface area contributed by atoms with Crippen LogP contribution in [0.15, 0.2) is 12.2 Å². The van der Waals surface area contributed by atoms with Crippen LogP contribution in [0.4, 0.5) is 0 Å². The van der Waals surface area contributed by atoms with E-state index < -0.39 is 5.60 Å². The Morgan fingerprint density at radius 2 is 2.08 bits per heavy atom. The molecule has 1 rings (SSSR count). The highest BCUT2D eigenvalue weighted by Crippen LogP contribution is 2.39. The molecule has 0 bridgehead atoms. The Morgan fingerprint density at radius 1 is 1.50 bits per heavy atom. The van der Waals surface area contributed by atoms with Crippen LogP contribution < -0.4 is 0 Å². The predicted octanol–water partition coefficient (Wildman–Crippen LogP) is 2.75. The lowest BCUT2D eigenvalue weighted by molar-refractivity contribution is -0.0375. The van der Waals surface area contributed by atoms with Gasteiger partial charge in [0.05, 0.1) is 5.60 Å². The van der Waals surface area contributed by atoms with Crippen LogP contribution in [0.1, 0.15) is 40.0 Å². The van der Waals surface area contributed by atoms with Crippen LogP contribution in [0, 0.1) is 11.8 Å². The Labute approximate surface area is 75.5 Å². The molecule has 70 valence electrons. The first-order valence-corrected chi connectivity index (χ1v) is 4.81. The van der Waals surface area contributed by atoms with Crippen molar-refractivity contribution >= 4 is 0 Å². The molecule has 0 spiro atoms. The summed E-state index contributed by atoms with van der Waals surface area (Å²) in [6.45, 7) is 10.1. The SMILES string of the molecule is C=C(C)[C@H]1CC[C@H](C)[C@](C)(O)C1. The molecule has 0 aromatic carbocycles. The first-order valence-electron chi connectivity index (χ1n) is 4.81. The fourth-order valence-electron chi connectivity index (χ4n) is 1.98. The smallest absolute Gasteiger partial charge is 0.0650 e. The second-order valence-electron chi connectivity index (χ2n) is 4.58. The monoisotopic (exact) mass is 168 g/mol. The molecule has 1 nitrogen and oxygen atoms in total. The summed E-state index contributed by atoms with van der Waals surface area (Å²) in [6.07, 6.45) is 3.22. The summed E-state index contributed by atoms with van der Waals surface area (Å²) in [6, 6.07) is 0. The van der Waals surface area contributed by atoms with Crippen LogP contribution in [0.2, 0.25) is 0 Å². The van der Waals surface area contributed by atoms with E-state index in [1.807, 2.05) is 6.92 Å². The maximum atomic E-state index is 10.0. The maximum absolute atomic E-state index is 10.0. The molecule has 0 saturated heterocycles. The van der Waals surface area contributed by atoms with Crippen molar-refractivity contribution in [3.63, 3.8) is 0 Å². The van der Waals surface area contributed by atoms with Crippen molar-refractivity contribution in [3.8, 4) is 0 Å². The highest BCUT2D eigenvalue weighted by molar-refractivity contribution is 5.02. The quantitative estimate of drug-likeness (QED) is 0.597. The largest absolute Gasteiger partial charge is 0.390 e. The van der Waals surface area contributed by atoms with Crippen LogP contribution in [-0.2, 0) is 0 Å². The van der Waals surface area contributed by atoms with Gasteiger partial charge < -0.3 is 5.11 Å². The summed E-state index contributed by atoms with van der Waals surface area (Å²) < 4.78 is 0. The van der Waals surface area contributed by atoms with Crippen LogP contribution in [0.5, 0.6) is 0 Å². The molecule has 1 saturated carbocycles. The fraction of sp³-hybridized carbons (Fsp3) is 0.818. The Morgan fingerprint density at radius 3 is 2.50 bits per heavy atom. The van der Waals surface area contributed by atoms with Gasteiger partial charge in [0.2, 0.25) is 0 Å². The van der Waals surface area contributed by atoms with E-state index in [0.717, 1.165) is 12.8 Å². The molecule has 1 aliphatic carbocycles. The van der Waals surface area contributed by atoms with Crippen molar-refractivity contribution < 1.29 is 5.11 Å². The molecule has 0 aromatic rings. The van der Waals surface area contributed by atoms with Crippen molar-refractivity contribution in [2.45, 2.75) is 45.6 Å². The van der Waals surface area contributed by atoms with Crippen LogP contribution in [0.3, 0.4) is 0 Å². The van der Waals surface area contributed by atoms with E-state index in [0.29, 0.717) is 11.8 Å². The Bertz CT molecular complexity index is 181. The van der Waals surface area contributed by atoms with E-state index in [1.165, 1.54) is 12.0 Å². The van der Waals surface area contributed by atoms with Gasteiger partial charge in [-0.3, -0.25) is 0 Å². The third kappa shape index (κ3) is 1.89. The van der Waals surface area contributed by atoms with Crippen molar-refractivity contribution in [2.75, 3.05) is 0 Å². The lowest BCUT2D eigenvalue weighted by Crippen LogP contribution is -2.39. The molecule has 0 amide bonds. The average molecular weight is 168 g/mol. The summed E-state index contributed by atoms with van der Waals surface area (Å²) in [5.74, 6) is 0.976. The lowest BCUT2D eigenvalue weighted by atomic mass is 9.71. The Hall–Kier alpha value is -0.300. The minimum absolute atomic E-state index is 0.438. The molecule has 0 radical (unpaired) electrons. The third-order valence-corrected chi connectivity index (χ3v) is 3.37. The number of hydrogen-bond donors (Lipinski definition) is 1. The summed E-state index contributed by atoms with van der Waals surface area (Å²) in [5.41, 5.74) is 0.754. The number of hydrogen-bond acceptors (Lipinski definition) is 1. The molecule has 1 fully saturated rings. The highest BCUT2D eigenvalue weighted by Gasteiger charge is 2.35. The van der Waals surface area contributed by atoms with Crippen LogP contribution in [-0.4, -0.2) is 10.7 Å². The Balaban J connectivity index is 2.63.